The molecule has 4 rings (SSSR count). The number of imidazole rings is 1. The van der Waals surface area contributed by atoms with Gasteiger partial charge in [0.05, 0.1) is 24.3 Å². The van der Waals surface area contributed by atoms with Crippen LogP contribution in [0.15, 0.2) is 83.9 Å². The minimum Gasteiger partial charge on any atom is -0.480 e. The molecule has 1 amide bonds. The molecule has 0 fully saturated rings. The van der Waals surface area contributed by atoms with Crippen LogP contribution in [-0.4, -0.2) is 45.0 Å². The van der Waals surface area contributed by atoms with Gasteiger partial charge in [-0.2, -0.15) is 11.8 Å². The average Bonchev–Trinajstić information content (AvgIpc) is 3.48. The van der Waals surface area contributed by atoms with Gasteiger partial charge in [-0.3, -0.25) is 4.79 Å². The third kappa shape index (κ3) is 6.63. The van der Waals surface area contributed by atoms with Crippen LogP contribution in [0.4, 0.5) is 5.69 Å². The van der Waals surface area contributed by atoms with Crippen LogP contribution in [0.3, 0.4) is 0 Å². The number of nitrogens with zero attached hydrogens (tertiary/aromatic N) is 1. The molecule has 3 atom stereocenters. The zero-order valence-corrected chi connectivity index (χ0v) is 23.6. The SMILES string of the molecule is CSCC[C@H](NC(=O)c1ccc(NC(c2cnc[nH]2)C2CC=C(C)C(C)=C2C)cc1-c1ccccc1)C(=O)O. The van der Waals surface area contributed by atoms with Gasteiger partial charge in [0.2, 0.25) is 0 Å². The minimum absolute atomic E-state index is 0.0574. The Morgan fingerprint density at radius 2 is 1.92 bits per heavy atom. The molecule has 0 saturated heterocycles. The molecular formula is C31H36N4O3S. The summed E-state index contributed by atoms with van der Waals surface area (Å²) in [4.78, 5) is 32.7. The van der Waals surface area contributed by atoms with Crippen molar-refractivity contribution in [2.45, 2.75) is 45.7 Å². The van der Waals surface area contributed by atoms with Gasteiger partial charge in [-0.05, 0) is 80.5 Å². The molecular weight excluding hydrogens is 508 g/mol. The van der Waals surface area contributed by atoms with Crippen molar-refractivity contribution in [1.82, 2.24) is 15.3 Å². The highest BCUT2D eigenvalue weighted by atomic mass is 32.2. The first kappa shape index (κ1) is 28.2. The molecule has 1 aromatic heterocycles. The van der Waals surface area contributed by atoms with Gasteiger partial charge in [-0.25, -0.2) is 9.78 Å². The molecule has 4 N–H and O–H groups in total. The summed E-state index contributed by atoms with van der Waals surface area (Å²) in [6.45, 7) is 6.52. The Hall–Kier alpha value is -3.78. The zero-order valence-electron chi connectivity index (χ0n) is 22.8. The van der Waals surface area contributed by atoms with Gasteiger partial charge >= 0.3 is 5.97 Å². The minimum atomic E-state index is -1.03. The van der Waals surface area contributed by atoms with E-state index in [-0.39, 0.29) is 12.0 Å². The summed E-state index contributed by atoms with van der Waals surface area (Å²) in [6.07, 6.45) is 9.02. The van der Waals surface area contributed by atoms with Crippen LogP contribution in [0.1, 0.15) is 55.7 Å². The van der Waals surface area contributed by atoms with Gasteiger partial charge in [-0.1, -0.05) is 47.6 Å². The van der Waals surface area contributed by atoms with Crippen LogP contribution in [-0.2, 0) is 4.79 Å². The summed E-state index contributed by atoms with van der Waals surface area (Å²) in [5.74, 6) is -0.564. The maximum absolute atomic E-state index is 13.4. The summed E-state index contributed by atoms with van der Waals surface area (Å²) < 4.78 is 0. The van der Waals surface area contributed by atoms with Gasteiger partial charge in [0.25, 0.3) is 5.91 Å². The lowest BCUT2D eigenvalue weighted by atomic mass is 9.79. The third-order valence-electron chi connectivity index (χ3n) is 7.56. The van der Waals surface area contributed by atoms with Gasteiger partial charge < -0.3 is 20.7 Å². The predicted molar refractivity (Wildman–Crippen MR) is 159 cm³/mol. The van der Waals surface area contributed by atoms with Crippen molar-refractivity contribution in [2.75, 3.05) is 17.3 Å². The van der Waals surface area contributed by atoms with E-state index in [1.165, 1.54) is 16.7 Å². The number of carbonyl (C=O) groups is 2. The van der Waals surface area contributed by atoms with Crippen LogP contribution in [0.2, 0.25) is 0 Å². The second-order valence-corrected chi connectivity index (χ2v) is 10.9. The topological polar surface area (TPSA) is 107 Å². The molecule has 0 bridgehead atoms. The fraction of sp³-hybridized carbons (Fsp3) is 0.323. The van der Waals surface area contributed by atoms with E-state index in [9.17, 15) is 14.7 Å². The molecule has 2 unspecified atom stereocenters. The molecule has 1 aliphatic carbocycles. The quantitative estimate of drug-likeness (QED) is 0.220. The molecule has 0 saturated carbocycles. The standard InChI is InChI=1S/C31H36N4O3S/c1-19-10-12-24(21(3)20(19)2)29(28-17-32-18-33-28)34-23-11-13-25(26(16-23)22-8-6-5-7-9-22)30(36)35-27(31(37)38)14-15-39-4/h5-11,13,16-18,24,27,29,34H,12,14-15H2,1-4H3,(H,32,33)(H,35,36)(H,37,38)/t24?,27-,29?/m0/s1. The van der Waals surface area contributed by atoms with E-state index >= 15 is 0 Å². The van der Waals surface area contributed by atoms with E-state index in [0.717, 1.165) is 28.9 Å². The predicted octanol–water partition coefficient (Wildman–Crippen LogP) is 6.47. The monoisotopic (exact) mass is 544 g/mol. The Morgan fingerprint density at radius 3 is 2.59 bits per heavy atom. The molecule has 2 aromatic carbocycles. The molecule has 204 valence electrons. The Balaban J connectivity index is 1.70. The highest BCUT2D eigenvalue weighted by Crippen LogP contribution is 2.39. The molecule has 1 heterocycles. The number of amides is 1. The number of hydrogen-bond donors (Lipinski definition) is 4. The molecule has 8 heteroatoms. The number of carboxylic acid groups (broad SMARTS) is 1. The number of aromatic amines is 1. The van der Waals surface area contributed by atoms with Gasteiger partial charge in [0.15, 0.2) is 0 Å². The maximum Gasteiger partial charge on any atom is 0.326 e. The van der Waals surface area contributed by atoms with Crippen molar-refractivity contribution < 1.29 is 14.7 Å². The van der Waals surface area contributed by atoms with Gasteiger partial charge in [0.1, 0.15) is 6.04 Å². The van der Waals surface area contributed by atoms with Crippen LogP contribution < -0.4 is 10.6 Å². The molecule has 0 spiro atoms. The number of H-pyrrole nitrogens is 1. The Bertz CT molecular complexity index is 1370. The second kappa shape index (κ2) is 12.8. The summed E-state index contributed by atoms with van der Waals surface area (Å²) in [6, 6.07) is 14.3. The smallest absolute Gasteiger partial charge is 0.326 e. The number of aliphatic carboxylic acids is 1. The first-order chi connectivity index (χ1) is 18.8. The van der Waals surface area contributed by atoms with Crippen LogP contribution in [0.25, 0.3) is 11.1 Å². The van der Waals surface area contributed by atoms with E-state index in [1.54, 1.807) is 24.2 Å². The highest BCUT2D eigenvalue weighted by Gasteiger charge is 2.29. The summed E-state index contributed by atoms with van der Waals surface area (Å²) >= 11 is 1.55. The first-order valence-corrected chi connectivity index (χ1v) is 14.5. The largest absolute Gasteiger partial charge is 0.480 e. The Labute approximate surface area is 234 Å². The second-order valence-electron chi connectivity index (χ2n) is 9.94. The van der Waals surface area contributed by atoms with Crippen LogP contribution >= 0.6 is 11.8 Å². The summed E-state index contributed by atoms with van der Waals surface area (Å²) in [7, 11) is 0. The number of carbonyl (C=O) groups excluding carboxylic acids is 1. The summed E-state index contributed by atoms with van der Waals surface area (Å²) in [5.41, 5.74) is 7.85. The number of hydrogen-bond acceptors (Lipinski definition) is 5. The van der Waals surface area contributed by atoms with Crippen molar-refractivity contribution in [3.63, 3.8) is 0 Å². The number of anilines is 1. The summed E-state index contributed by atoms with van der Waals surface area (Å²) in [5, 5.41) is 16.1. The van der Waals surface area contributed by atoms with E-state index in [2.05, 4.69) is 47.4 Å². The molecule has 3 aromatic rings. The van der Waals surface area contributed by atoms with Gasteiger partial charge in [0, 0.05) is 17.2 Å². The number of nitrogens with one attached hydrogen (secondary N) is 3. The lowest BCUT2D eigenvalue weighted by Crippen LogP contribution is -2.41. The number of aromatic nitrogens is 2. The number of rotatable bonds is 11. The van der Waals surface area contributed by atoms with Crippen molar-refractivity contribution in [1.29, 1.82) is 0 Å². The fourth-order valence-corrected chi connectivity index (χ4v) is 5.51. The van der Waals surface area contributed by atoms with Crippen molar-refractivity contribution in [3.8, 4) is 11.1 Å². The molecule has 39 heavy (non-hydrogen) atoms. The molecule has 0 aliphatic heterocycles. The van der Waals surface area contributed by atoms with Crippen LogP contribution in [0.5, 0.6) is 0 Å². The molecule has 7 nitrogen and oxygen atoms in total. The fourth-order valence-electron chi connectivity index (χ4n) is 5.04. The Morgan fingerprint density at radius 1 is 1.15 bits per heavy atom. The third-order valence-corrected chi connectivity index (χ3v) is 8.20. The van der Waals surface area contributed by atoms with E-state index < -0.39 is 17.9 Å². The lowest BCUT2D eigenvalue weighted by Gasteiger charge is -2.32. The number of allylic oxidation sites excluding steroid dienone is 3. The zero-order chi connectivity index (χ0) is 27.9. The molecule has 0 radical (unpaired) electrons. The highest BCUT2D eigenvalue weighted by molar-refractivity contribution is 7.98. The Kier molecular flexibility index (Phi) is 9.30. The van der Waals surface area contributed by atoms with Crippen molar-refractivity contribution in [2.24, 2.45) is 5.92 Å². The van der Waals surface area contributed by atoms with Gasteiger partial charge in [-0.15, -0.1) is 0 Å². The first-order valence-electron chi connectivity index (χ1n) is 13.1. The van der Waals surface area contributed by atoms with E-state index in [4.69, 9.17) is 0 Å². The normalized spacial score (nSPS) is 16.8. The van der Waals surface area contributed by atoms with Crippen LogP contribution in [0, 0.1) is 5.92 Å². The van der Waals surface area contributed by atoms with Crippen molar-refractivity contribution in [3.05, 3.63) is 95.1 Å². The van der Waals surface area contributed by atoms with E-state index in [1.807, 2.05) is 54.9 Å². The molecule has 1 aliphatic rings. The number of benzene rings is 2. The number of thioether (sulfide) groups is 1. The average molecular weight is 545 g/mol. The lowest BCUT2D eigenvalue weighted by molar-refractivity contribution is -0.139. The number of carboxylic acids is 1. The maximum atomic E-state index is 13.4. The van der Waals surface area contributed by atoms with E-state index in [0.29, 0.717) is 17.7 Å². The van der Waals surface area contributed by atoms with Crippen molar-refractivity contribution >= 4 is 29.3 Å².